The second-order valence-electron chi connectivity index (χ2n) is 4.94. The largest absolute Gasteiger partial charge is 0.492 e. The Morgan fingerprint density at radius 1 is 1.24 bits per heavy atom. The molecule has 0 fully saturated rings. The smallest absolute Gasteiger partial charge is 0.133 e. The van der Waals surface area contributed by atoms with Crippen LogP contribution in [0.4, 0.5) is 0 Å². The maximum atomic E-state index is 10.6. The Labute approximate surface area is 138 Å². The summed E-state index contributed by atoms with van der Waals surface area (Å²) < 4.78 is 6.47. The number of hydrogen-bond acceptors (Lipinski definition) is 2. The Morgan fingerprint density at radius 3 is 2.62 bits per heavy atom. The Morgan fingerprint density at radius 2 is 2.00 bits per heavy atom. The molecule has 0 bridgehead atoms. The Balaban J connectivity index is 2.27. The number of benzene rings is 2. The third-order valence-corrected chi connectivity index (χ3v) is 4.11. The summed E-state index contributed by atoms with van der Waals surface area (Å²) in [7, 11) is 0. The molecule has 4 heteroatoms. The average molecular weight is 370 g/mol. The molecule has 0 heterocycles. The molecule has 0 saturated heterocycles. The summed E-state index contributed by atoms with van der Waals surface area (Å²) in [6.45, 7) is 4.68. The van der Waals surface area contributed by atoms with Crippen molar-refractivity contribution in [2.24, 2.45) is 0 Å². The molecule has 0 spiro atoms. The quantitative estimate of drug-likeness (QED) is 0.777. The van der Waals surface area contributed by atoms with E-state index in [4.69, 9.17) is 16.3 Å². The molecular weight excluding hydrogens is 352 g/mol. The van der Waals surface area contributed by atoms with Gasteiger partial charge in [0.2, 0.25) is 0 Å². The van der Waals surface area contributed by atoms with E-state index in [1.54, 1.807) is 6.07 Å². The predicted octanol–water partition coefficient (Wildman–Crippen LogP) is 5.28. The topological polar surface area (TPSA) is 29.5 Å². The molecule has 1 atom stereocenters. The van der Waals surface area contributed by atoms with Gasteiger partial charge in [-0.15, -0.1) is 0 Å². The molecule has 0 aliphatic carbocycles. The lowest BCUT2D eigenvalue weighted by molar-refractivity contribution is 0.219. The first-order chi connectivity index (χ1) is 10.0. The molecule has 21 heavy (non-hydrogen) atoms. The minimum absolute atomic E-state index is 0.674. The van der Waals surface area contributed by atoms with Gasteiger partial charge in [-0.25, -0.2) is 0 Å². The van der Waals surface area contributed by atoms with Crippen molar-refractivity contribution in [3.63, 3.8) is 0 Å². The van der Waals surface area contributed by atoms with E-state index in [1.165, 1.54) is 0 Å². The fourth-order valence-electron chi connectivity index (χ4n) is 2.14. The number of aliphatic hydroxyl groups is 1. The van der Waals surface area contributed by atoms with Gasteiger partial charge in [0.1, 0.15) is 11.9 Å². The third kappa shape index (κ3) is 4.00. The highest BCUT2D eigenvalue weighted by molar-refractivity contribution is 9.10. The summed E-state index contributed by atoms with van der Waals surface area (Å²) in [4.78, 5) is 0. The van der Waals surface area contributed by atoms with Crippen LogP contribution < -0.4 is 4.74 Å². The SMILES string of the molecule is CCCOc1ccc(C(O)c2ccc(Cl)cc2C)cc1Br. The number of hydrogen-bond donors (Lipinski definition) is 1. The molecule has 0 saturated carbocycles. The van der Waals surface area contributed by atoms with E-state index in [-0.39, 0.29) is 0 Å². The average Bonchev–Trinajstić information content (AvgIpc) is 2.45. The highest BCUT2D eigenvalue weighted by atomic mass is 79.9. The monoisotopic (exact) mass is 368 g/mol. The highest BCUT2D eigenvalue weighted by Crippen LogP contribution is 2.32. The zero-order chi connectivity index (χ0) is 15.4. The van der Waals surface area contributed by atoms with Gasteiger partial charge in [0.15, 0.2) is 0 Å². The summed E-state index contributed by atoms with van der Waals surface area (Å²) in [6.07, 6.45) is 0.277. The van der Waals surface area contributed by atoms with E-state index in [0.717, 1.165) is 33.3 Å². The van der Waals surface area contributed by atoms with Gasteiger partial charge in [0, 0.05) is 5.02 Å². The van der Waals surface area contributed by atoms with Crippen LogP contribution in [0.15, 0.2) is 40.9 Å². The first-order valence-corrected chi connectivity index (χ1v) is 8.06. The number of halogens is 2. The van der Waals surface area contributed by atoms with Crippen molar-refractivity contribution >= 4 is 27.5 Å². The fourth-order valence-corrected chi connectivity index (χ4v) is 2.88. The van der Waals surface area contributed by atoms with Gasteiger partial charge in [-0.2, -0.15) is 0 Å². The zero-order valence-corrected chi connectivity index (χ0v) is 14.4. The maximum Gasteiger partial charge on any atom is 0.133 e. The first-order valence-electron chi connectivity index (χ1n) is 6.89. The minimum atomic E-state index is -0.682. The van der Waals surface area contributed by atoms with E-state index in [1.807, 2.05) is 37.3 Å². The van der Waals surface area contributed by atoms with Crippen LogP contribution in [-0.4, -0.2) is 11.7 Å². The van der Waals surface area contributed by atoms with Crippen molar-refractivity contribution in [1.29, 1.82) is 0 Å². The van der Waals surface area contributed by atoms with Gasteiger partial charge in [0.25, 0.3) is 0 Å². The Hall–Kier alpha value is -1.03. The van der Waals surface area contributed by atoms with E-state index in [9.17, 15) is 5.11 Å². The number of ether oxygens (including phenoxy) is 1. The maximum absolute atomic E-state index is 10.6. The lowest BCUT2D eigenvalue weighted by Crippen LogP contribution is -2.03. The molecule has 0 aliphatic heterocycles. The minimum Gasteiger partial charge on any atom is -0.492 e. The molecular formula is C17H18BrClO2. The van der Waals surface area contributed by atoms with Crippen molar-refractivity contribution in [1.82, 2.24) is 0 Å². The summed E-state index contributed by atoms with van der Waals surface area (Å²) >= 11 is 9.45. The van der Waals surface area contributed by atoms with Gasteiger partial charge in [-0.3, -0.25) is 0 Å². The molecule has 1 unspecified atom stereocenters. The van der Waals surface area contributed by atoms with Crippen molar-refractivity contribution in [3.05, 3.63) is 62.6 Å². The lowest BCUT2D eigenvalue weighted by Gasteiger charge is -2.16. The molecule has 112 valence electrons. The standard InChI is InChI=1S/C17H18BrClO2/c1-3-8-21-16-7-4-12(10-15(16)18)17(20)14-6-5-13(19)9-11(14)2/h4-7,9-10,17,20H,3,8H2,1-2H3. The molecule has 2 nitrogen and oxygen atoms in total. The number of aliphatic hydroxyl groups excluding tert-OH is 1. The van der Waals surface area contributed by atoms with Crippen LogP contribution in [0.5, 0.6) is 5.75 Å². The van der Waals surface area contributed by atoms with E-state index < -0.39 is 6.10 Å². The number of aryl methyl sites for hydroxylation is 1. The van der Waals surface area contributed by atoms with Crippen LogP contribution in [0.2, 0.25) is 5.02 Å². The van der Waals surface area contributed by atoms with Crippen molar-refractivity contribution in [2.45, 2.75) is 26.4 Å². The van der Waals surface area contributed by atoms with Crippen LogP contribution in [0, 0.1) is 6.92 Å². The van der Waals surface area contributed by atoms with Crippen LogP contribution in [0.3, 0.4) is 0 Å². The third-order valence-electron chi connectivity index (χ3n) is 3.26. The van der Waals surface area contributed by atoms with Gasteiger partial charge < -0.3 is 9.84 Å². The van der Waals surface area contributed by atoms with Gasteiger partial charge >= 0.3 is 0 Å². The van der Waals surface area contributed by atoms with Crippen molar-refractivity contribution < 1.29 is 9.84 Å². The molecule has 1 N–H and O–H groups in total. The Bertz CT molecular complexity index is 628. The van der Waals surface area contributed by atoms with Crippen molar-refractivity contribution in [2.75, 3.05) is 6.61 Å². The molecule has 0 amide bonds. The first kappa shape index (κ1) is 16.3. The molecule has 0 aromatic heterocycles. The second kappa shape index (κ2) is 7.30. The van der Waals surface area contributed by atoms with Gasteiger partial charge in [-0.1, -0.05) is 30.7 Å². The zero-order valence-electron chi connectivity index (χ0n) is 12.1. The fraction of sp³-hybridized carbons (Fsp3) is 0.294. The summed E-state index contributed by atoms with van der Waals surface area (Å²) in [5.74, 6) is 0.792. The van der Waals surface area contributed by atoms with Crippen LogP contribution in [-0.2, 0) is 0 Å². The number of rotatable bonds is 5. The predicted molar refractivity (Wildman–Crippen MR) is 90.2 cm³/mol. The summed E-state index contributed by atoms with van der Waals surface area (Å²) in [5, 5.41) is 11.2. The van der Waals surface area contributed by atoms with Gasteiger partial charge in [0.05, 0.1) is 11.1 Å². The van der Waals surface area contributed by atoms with E-state index >= 15 is 0 Å². The van der Waals surface area contributed by atoms with Gasteiger partial charge in [-0.05, 0) is 70.2 Å². The van der Waals surface area contributed by atoms with Crippen LogP contribution in [0.25, 0.3) is 0 Å². The molecule has 0 aliphatic rings. The van der Waals surface area contributed by atoms with Crippen LogP contribution >= 0.6 is 27.5 Å². The van der Waals surface area contributed by atoms with E-state index in [0.29, 0.717) is 11.6 Å². The molecule has 2 aromatic carbocycles. The summed E-state index contributed by atoms with van der Waals surface area (Å²) in [5.41, 5.74) is 2.64. The van der Waals surface area contributed by atoms with E-state index in [2.05, 4.69) is 22.9 Å². The normalized spacial score (nSPS) is 12.2. The lowest BCUT2D eigenvalue weighted by atomic mass is 9.97. The molecule has 0 radical (unpaired) electrons. The summed E-state index contributed by atoms with van der Waals surface area (Å²) in [6, 6.07) is 11.2. The molecule has 2 aromatic rings. The molecule has 2 rings (SSSR count). The second-order valence-corrected chi connectivity index (χ2v) is 6.23. The van der Waals surface area contributed by atoms with Crippen molar-refractivity contribution in [3.8, 4) is 5.75 Å². The highest BCUT2D eigenvalue weighted by Gasteiger charge is 2.15. The van der Waals surface area contributed by atoms with Crippen LogP contribution in [0.1, 0.15) is 36.1 Å². The Kier molecular flexibility index (Phi) is 5.68.